The number of nitrogens with zero attached hydrogens (tertiary/aromatic N) is 4. The van der Waals surface area contributed by atoms with E-state index in [0.29, 0.717) is 17.9 Å². The van der Waals surface area contributed by atoms with Crippen LogP contribution in [0.4, 0.5) is 5.69 Å². The first-order chi connectivity index (χ1) is 11.2. The molecule has 2 aromatic heterocycles. The van der Waals surface area contributed by atoms with Crippen LogP contribution in [-0.2, 0) is 13.6 Å². The second-order valence-corrected chi connectivity index (χ2v) is 5.07. The molecule has 0 aliphatic heterocycles. The zero-order valence-corrected chi connectivity index (χ0v) is 12.9. The number of anilines is 1. The van der Waals surface area contributed by atoms with E-state index < -0.39 is 0 Å². The van der Waals surface area contributed by atoms with Gasteiger partial charge in [0, 0.05) is 19.4 Å². The van der Waals surface area contributed by atoms with Crippen LogP contribution in [0.2, 0.25) is 0 Å². The third kappa shape index (κ3) is 3.39. The van der Waals surface area contributed by atoms with E-state index in [9.17, 15) is 4.79 Å². The van der Waals surface area contributed by atoms with E-state index in [-0.39, 0.29) is 5.91 Å². The lowest BCUT2D eigenvalue weighted by Gasteiger charge is -2.04. The molecule has 0 aliphatic rings. The number of hydrogen-bond donors (Lipinski definition) is 1. The van der Waals surface area contributed by atoms with Crippen LogP contribution >= 0.6 is 0 Å². The predicted octanol–water partition coefficient (Wildman–Crippen LogP) is 1.93. The molecular weight excluding hydrogens is 294 g/mol. The lowest BCUT2D eigenvalue weighted by atomic mass is 10.2. The molecule has 0 saturated heterocycles. The maximum Gasteiger partial charge on any atom is 0.274 e. The summed E-state index contributed by atoms with van der Waals surface area (Å²) in [5, 5.41) is 11.0. The number of aromatic nitrogens is 4. The summed E-state index contributed by atoms with van der Waals surface area (Å²) in [7, 11) is 3.36. The number of carbonyl (C=O) groups is 1. The minimum absolute atomic E-state index is 0.214. The fourth-order valence-corrected chi connectivity index (χ4v) is 2.22. The number of benzene rings is 1. The fraction of sp³-hybridized carbons (Fsp3) is 0.188. The van der Waals surface area contributed by atoms with Gasteiger partial charge in [0.2, 0.25) is 0 Å². The number of nitrogens with one attached hydrogen (secondary N) is 1. The lowest BCUT2D eigenvalue weighted by Crippen LogP contribution is -2.15. The van der Waals surface area contributed by atoms with Crippen molar-refractivity contribution >= 4 is 11.6 Å². The molecule has 7 heteroatoms. The highest BCUT2D eigenvalue weighted by Gasteiger charge is 2.11. The Hall–Kier alpha value is -3.09. The molecule has 0 atom stereocenters. The first-order valence-corrected chi connectivity index (χ1v) is 7.10. The summed E-state index contributed by atoms with van der Waals surface area (Å²) in [5.74, 6) is 0.604. The van der Waals surface area contributed by atoms with E-state index in [4.69, 9.17) is 4.74 Å². The van der Waals surface area contributed by atoms with Gasteiger partial charge >= 0.3 is 0 Å². The number of methoxy groups -OCH3 is 1. The minimum Gasteiger partial charge on any atom is -0.497 e. The van der Waals surface area contributed by atoms with Gasteiger partial charge in [0.05, 0.1) is 25.5 Å². The highest BCUT2D eigenvalue weighted by molar-refractivity contribution is 6.02. The van der Waals surface area contributed by atoms with Gasteiger partial charge in [-0.3, -0.25) is 14.2 Å². The van der Waals surface area contributed by atoms with Gasteiger partial charge in [-0.25, -0.2) is 0 Å². The van der Waals surface area contributed by atoms with Crippen molar-refractivity contribution in [2.24, 2.45) is 7.05 Å². The van der Waals surface area contributed by atoms with Crippen LogP contribution in [0.25, 0.3) is 0 Å². The van der Waals surface area contributed by atoms with Crippen LogP contribution in [0, 0.1) is 0 Å². The molecule has 1 N–H and O–H groups in total. The van der Waals surface area contributed by atoms with E-state index in [1.54, 1.807) is 43.5 Å². The van der Waals surface area contributed by atoms with Crippen molar-refractivity contribution in [1.82, 2.24) is 19.6 Å². The SMILES string of the molecule is COc1ccc(Cn2cc(NC(=O)c3ccnn3C)cn2)cc1. The van der Waals surface area contributed by atoms with Crippen LogP contribution in [0.15, 0.2) is 48.9 Å². The van der Waals surface area contributed by atoms with Crippen LogP contribution in [-0.4, -0.2) is 32.6 Å². The second kappa shape index (κ2) is 6.35. The highest BCUT2D eigenvalue weighted by atomic mass is 16.5. The van der Waals surface area contributed by atoms with Gasteiger partial charge < -0.3 is 10.1 Å². The largest absolute Gasteiger partial charge is 0.497 e. The third-order valence-corrected chi connectivity index (χ3v) is 3.45. The lowest BCUT2D eigenvalue weighted by molar-refractivity contribution is 0.101. The number of ether oxygens (including phenoxy) is 1. The summed E-state index contributed by atoms with van der Waals surface area (Å²) in [6, 6.07) is 9.44. The molecule has 1 aromatic carbocycles. The summed E-state index contributed by atoms with van der Waals surface area (Å²) in [4.78, 5) is 12.1. The molecule has 0 spiro atoms. The molecule has 7 nitrogen and oxygen atoms in total. The Labute approximate surface area is 133 Å². The average Bonchev–Trinajstić information content (AvgIpc) is 3.17. The average molecular weight is 311 g/mol. The van der Waals surface area contributed by atoms with Gasteiger partial charge in [0.1, 0.15) is 11.4 Å². The molecule has 1 amide bonds. The van der Waals surface area contributed by atoms with Gasteiger partial charge in [-0.1, -0.05) is 12.1 Å². The predicted molar refractivity (Wildman–Crippen MR) is 85.5 cm³/mol. The highest BCUT2D eigenvalue weighted by Crippen LogP contribution is 2.13. The molecule has 2 heterocycles. The Bertz CT molecular complexity index is 804. The molecular formula is C16H17N5O2. The van der Waals surface area contributed by atoms with Gasteiger partial charge in [0.15, 0.2) is 0 Å². The molecule has 0 aliphatic carbocycles. The van der Waals surface area contributed by atoms with Crippen molar-refractivity contribution in [3.63, 3.8) is 0 Å². The zero-order valence-electron chi connectivity index (χ0n) is 12.9. The van der Waals surface area contributed by atoms with Crippen molar-refractivity contribution in [2.45, 2.75) is 6.54 Å². The number of amides is 1. The van der Waals surface area contributed by atoms with Gasteiger partial charge in [0.25, 0.3) is 5.91 Å². The van der Waals surface area contributed by atoms with Gasteiger partial charge in [-0.05, 0) is 23.8 Å². The topological polar surface area (TPSA) is 74.0 Å². The Morgan fingerprint density at radius 2 is 2.00 bits per heavy atom. The summed E-state index contributed by atoms with van der Waals surface area (Å²) in [5.41, 5.74) is 2.23. The molecule has 0 fully saturated rings. The summed E-state index contributed by atoms with van der Waals surface area (Å²) < 4.78 is 8.42. The van der Waals surface area contributed by atoms with Crippen LogP contribution in [0.5, 0.6) is 5.75 Å². The molecule has 0 saturated carbocycles. The number of rotatable bonds is 5. The molecule has 23 heavy (non-hydrogen) atoms. The van der Waals surface area contributed by atoms with E-state index in [0.717, 1.165) is 11.3 Å². The first-order valence-electron chi connectivity index (χ1n) is 7.10. The van der Waals surface area contributed by atoms with E-state index >= 15 is 0 Å². The molecule has 0 unspecified atom stereocenters. The van der Waals surface area contributed by atoms with E-state index in [2.05, 4.69) is 15.5 Å². The van der Waals surface area contributed by atoms with E-state index in [1.165, 1.54) is 4.68 Å². The number of carbonyl (C=O) groups excluding carboxylic acids is 1. The van der Waals surface area contributed by atoms with Crippen LogP contribution in [0.1, 0.15) is 16.1 Å². The van der Waals surface area contributed by atoms with Gasteiger partial charge in [-0.2, -0.15) is 10.2 Å². The van der Waals surface area contributed by atoms with Crippen molar-refractivity contribution in [1.29, 1.82) is 0 Å². The maximum absolute atomic E-state index is 12.1. The molecule has 0 radical (unpaired) electrons. The van der Waals surface area contributed by atoms with Crippen molar-refractivity contribution < 1.29 is 9.53 Å². The summed E-state index contributed by atoms with van der Waals surface area (Å²) >= 11 is 0. The maximum atomic E-state index is 12.1. The van der Waals surface area contributed by atoms with Crippen molar-refractivity contribution in [2.75, 3.05) is 12.4 Å². The number of aryl methyl sites for hydroxylation is 1. The Balaban J connectivity index is 1.65. The zero-order chi connectivity index (χ0) is 16.2. The van der Waals surface area contributed by atoms with Crippen molar-refractivity contribution in [3.05, 3.63) is 60.2 Å². The Morgan fingerprint density at radius 1 is 1.22 bits per heavy atom. The number of hydrogen-bond acceptors (Lipinski definition) is 4. The molecule has 118 valence electrons. The van der Waals surface area contributed by atoms with Crippen LogP contribution in [0.3, 0.4) is 0 Å². The Morgan fingerprint density at radius 3 is 2.65 bits per heavy atom. The van der Waals surface area contributed by atoms with Crippen LogP contribution < -0.4 is 10.1 Å². The molecule has 3 aromatic rings. The summed E-state index contributed by atoms with van der Waals surface area (Å²) in [6.45, 7) is 0.617. The monoisotopic (exact) mass is 311 g/mol. The molecule has 3 rings (SSSR count). The minimum atomic E-state index is -0.214. The third-order valence-electron chi connectivity index (χ3n) is 3.45. The van der Waals surface area contributed by atoms with Gasteiger partial charge in [-0.15, -0.1) is 0 Å². The molecule has 0 bridgehead atoms. The fourth-order valence-electron chi connectivity index (χ4n) is 2.22. The summed E-state index contributed by atoms with van der Waals surface area (Å²) in [6.07, 6.45) is 5.00. The van der Waals surface area contributed by atoms with Crippen molar-refractivity contribution in [3.8, 4) is 5.75 Å². The standard InChI is InChI=1S/C16H17N5O2/c1-20-15(7-8-17-20)16(22)19-13-9-18-21(11-13)10-12-3-5-14(23-2)6-4-12/h3-9,11H,10H2,1-2H3,(H,19,22). The smallest absolute Gasteiger partial charge is 0.274 e. The second-order valence-electron chi connectivity index (χ2n) is 5.07. The normalized spacial score (nSPS) is 10.5. The van der Waals surface area contributed by atoms with E-state index in [1.807, 2.05) is 24.3 Å². The quantitative estimate of drug-likeness (QED) is 0.781. The Kier molecular flexibility index (Phi) is 4.09. The first kappa shape index (κ1) is 14.8.